The van der Waals surface area contributed by atoms with Crippen molar-refractivity contribution in [2.24, 2.45) is 5.16 Å². The monoisotopic (exact) mass is 139 g/mol. The van der Waals surface area contributed by atoms with E-state index in [9.17, 15) is 0 Å². The van der Waals surface area contributed by atoms with Gasteiger partial charge in [-0.1, -0.05) is 11.2 Å². The Morgan fingerprint density at radius 3 is 3.10 bits per heavy atom. The number of allylic oxidation sites excluding steroid dienone is 4. The van der Waals surface area contributed by atoms with Gasteiger partial charge < -0.3 is 9.94 Å². The van der Waals surface area contributed by atoms with E-state index in [-0.39, 0.29) is 0 Å². The van der Waals surface area contributed by atoms with Crippen molar-refractivity contribution in [2.75, 3.05) is 7.11 Å². The first kappa shape index (κ1) is 6.86. The van der Waals surface area contributed by atoms with Crippen molar-refractivity contribution >= 4 is 5.71 Å². The summed E-state index contributed by atoms with van der Waals surface area (Å²) in [7, 11) is 1.60. The van der Waals surface area contributed by atoms with Crippen LogP contribution in [0.15, 0.2) is 29.1 Å². The van der Waals surface area contributed by atoms with Crippen LogP contribution in [-0.4, -0.2) is 18.0 Å². The molecule has 0 saturated heterocycles. The van der Waals surface area contributed by atoms with Gasteiger partial charge in [-0.25, -0.2) is 0 Å². The fourth-order valence-electron chi connectivity index (χ4n) is 0.772. The summed E-state index contributed by atoms with van der Waals surface area (Å²) in [5.41, 5.74) is 0.624. The molecule has 54 valence electrons. The predicted octanol–water partition coefficient (Wildman–Crippen LogP) is 1.31. The Kier molecular flexibility index (Phi) is 2.10. The fraction of sp³-hybridized carbons (Fsp3) is 0.286. The minimum atomic E-state index is 0.573. The Bertz CT molecular complexity index is 204. The standard InChI is InChI=1S/C7H9NO2/c1-10-7-4-2-3-6(5-7)8-9/h2-4,9H,5H2,1H3. The maximum atomic E-state index is 8.36. The van der Waals surface area contributed by atoms with E-state index in [4.69, 9.17) is 9.94 Å². The van der Waals surface area contributed by atoms with Gasteiger partial charge in [0.05, 0.1) is 19.2 Å². The summed E-state index contributed by atoms with van der Waals surface area (Å²) in [5, 5.41) is 11.4. The molecule has 0 heterocycles. The van der Waals surface area contributed by atoms with Crippen molar-refractivity contribution < 1.29 is 9.94 Å². The summed E-state index contributed by atoms with van der Waals surface area (Å²) in [6, 6.07) is 0. The first-order valence-corrected chi connectivity index (χ1v) is 2.99. The van der Waals surface area contributed by atoms with Gasteiger partial charge in [-0.15, -0.1) is 0 Å². The smallest absolute Gasteiger partial charge is 0.102 e. The van der Waals surface area contributed by atoms with E-state index in [1.54, 1.807) is 19.3 Å². The molecule has 1 rings (SSSR count). The average Bonchev–Trinajstić information content (AvgIpc) is 2.05. The SMILES string of the molecule is COC1=CC=CC(=NO)C1. The van der Waals surface area contributed by atoms with E-state index >= 15 is 0 Å². The summed E-state index contributed by atoms with van der Waals surface area (Å²) in [4.78, 5) is 0. The lowest BCUT2D eigenvalue weighted by molar-refractivity contribution is 0.283. The number of nitrogens with zero attached hydrogens (tertiary/aromatic N) is 1. The Morgan fingerprint density at radius 2 is 2.50 bits per heavy atom. The van der Waals surface area contributed by atoms with Gasteiger partial charge >= 0.3 is 0 Å². The summed E-state index contributed by atoms with van der Waals surface area (Å²) in [5.74, 6) is 0.815. The second-order valence-electron chi connectivity index (χ2n) is 1.96. The summed E-state index contributed by atoms with van der Waals surface area (Å²) in [6.07, 6.45) is 5.94. The molecule has 0 fully saturated rings. The molecule has 10 heavy (non-hydrogen) atoms. The maximum Gasteiger partial charge on any atom is 0.102 e. The van der Waals surface area contributed by atoms with Crippen molar-refractivity contribution in [3.05, 3.63) is 24.0 Å². The molecule has 3 nitrogen and oxygen atoms in total. The van der Waals surface area contributed by atoms with E-state index in [2.05, 4.69) is 5.16 Å². The molecule has 3 heteroatoms. The average molecular weight is 139 g/mol. The molecule has 0 bridgehead atoms. The van der Waals surface area contributed by atoms with Crippen molar-refractivity contribution in [3.63, 3.8) is 0 Å². The summed E-state index contributed by atoms with van der Waals surface area (Å²) in [6.45, 7) is 0. The molecule has 0 radical (unpaired) electrons. The van der Waals surface area contributed by atoms with Gasteiger partial charge in [0.15, 0.2) is 0 Å². The molecule has 0 unspecified atom stereocenters. The lowest BCUT2D eigenvalue weighted by Gasteiger charge is -2.06. The van der Waals surface area contributed by atoms with Gasteiger partial charge in [0, 0.05) is 0 Å². The van der Waals surface area contributed by atoms with E-state index in [0.29, 0.717) is 12.1 Å². The largest absolute Gasteiger partial charge is 0.501 e. The highest BCUT2D eigenvalue weighted by Gasteiger charge is 2.04. The molecule has 0 aromatic rings. The van der Waals surface area contributed by atoms with Crippen LogP contribution >= 0.6 is 0 Å². The van der Waals surface area contributed by atoms with Gasteiger partial charge in [0.25, 0.3) is 0 Å². The highest BCUT2D eigenvalue weighted by molar-refractivity contribution is 5.97. The number of hydrogen-bond acceptors (Lipinski definition) is 3. The van der Waals surface area contributed by atoms with Crippen LogP contribution in [0.1, 0.15) is 6.42 Å². The van der Waals surface area contributed by atoms with Gasteiger partial charge in [0.2, 0.25) is 0 Å². The molecule has 1 aliphatic carbocycles. The molecule has 0 spiro atoms. The Hall–Kier alpha value is -1.25. The van der Waals surface area contributed by atoms with Crippen LogP contribution in [0.4, 0.5) is 0 Å². The topological polar surface area (TPSA) is 41.8 Å². The summed E-state index contributed by atoms with van der Waals surface area (Å²) >= 11 is 0. The molecule has 0 amide bonds. The number of hydrogen-bond donors (Lipinski definition) is 1. The molecule has 0 aromatic carbocycles. The molecule has 0 aliphatic heterocycles. The zero-order valence-corrected chi connectivity index (χ0v) is 5.74. The van der Waals surface area contributed by atoms with Gasteiger partial charge in [-0.2, -0.15) is 0 Å². The van der Waals surface area contributed by atoms with Crippen LogP contribution in [0.25, 0.3) is 0 Å². The number of methoxy groups -OCH3 is 1. The molecule has 0 saturated carbocycles. The molecule has 1 N–H and O–H groups in total. The third-order valence-electron chi connectivity index (χ3n) is 1.32. The quantitative estimate of drug-likeness (QED) is 0.439. The Balaban J connectivity index is 2.68. The van der Waals surface area contributed by atoms with Crippen LogP contribution in [0, 0.1) is 0 Å². The number of ether oxygens (including phenoxy) is 1. The molecule has 0 atom stereocenters. The lowest BCUT2D eigenvalue weighted by atomic mass is 10.1. The minimum Gasteiger partial charge on any atom is -0.501 e. The second kappa shape index (κ2) is 3.06. The van der Waals surface area contributed by atoms with Crippen LogP contribution in [0.2, 0.25) is 0 Å². The maximum absolute atomic E-state index is 8.36. The van der Waals surface area contributed by atoms with Crippen LogP contribution in [0.5, 0.6) is 0 Å². The molecule has 0 aromatic heterocycles. The number of rotatable bonds is 1. The van der Waals surface area contributed by atoms with Gasteiger partial charge in [-0.05, 0) is 12.2 Å². The molecular weight excluding hydrogens is 130 g/mol. The van der Waals surface area contributed by atoms with Crippen molar-refractivity contribution in [2.45, 2.75) is 6.42 Å². The normalized spacial score (nSPS) is 20.9. The van der Waals surface area contributed by atoms with E-state index in [0.717, 1.165) is 5.76 Å². The highest BCUT2D eigenvalue weighted by Crippen LogP contribution is 2.09. The number of oxime groups is 1. The minimum absolute atomic E-state index is 0.573. The Labute approximate surface area is 59.3 Å². The third-order valence-corrected chi connectivity index (χ3v) is 1.32. The van der Waals surface area contributed by atoms with Crippen molar-refractivity contribution in [1.82, 2.24) is 0 Å². The first-order chi connectivity index (χ1) is 4.86. The van der Waals surface area contributed by atoms with Gasteiger partial charge in [0.1, 0.15) is 5.76 Å². The van der Waals surface area contributed by atoms with Gasteiger partial charge in [-0.3, -0.25) is 0 Å². The van der Waals surface area contributed by atoms with Crippen LogP contribution < -0.4 is 0 Å². The van der Waals surface area contributed by atoms with E-state index < -0.39 is 0 Å². The Morgan fingerprint density at radius 1 is 1.70 bits per heavy atom. The fourth-order valence-corrected chi connectivity index (χ4v) is 0.772. The van der Waals surface area contributed by atoms with Crippen molar-refractivity contribution in [1.29, 1.82) is 0 Å². The molecule has 1 aliphatic rings. The van der Waals surface area contributed by atoms with Crippen LogP contribution in [0.3, 0.4) is 0 Å². The zero-order valence-electron chi connectivity index (χ0n) is 5.74. The second-order valence-corrected chi connectivity index (χ2v) is 1.96. The predicted molar refractivity (Wildman–Crippen MR) is 38.1 cm³/mol. The van der Waals surface area contributed by atoms with E-state index in [1.165, 1.54) is 0 Å². The first-order valence-electron chi connectivity index (χ1n) is 2.99. The highest BCUT2D eigenvalue weighted by atomic mass is 16.5. The lowest BCUT2D eigenvalue weighted by Crippen LogP contribution is -2.01. The molecular formula is C7H9NO2. The van der Waals surface area contributed by atoms with Crippen LogP contribution in [-0.2, 0) is 4.74 Å². The third kappa shape index (κ3) is 1.37. The van der Waals surface area contributed by atoms with E-state index in [1.807, 2.05) is 6.08 Å². The zero-order chi connectivity index (χ0) is 7.40. The van der Waals surface area contributed by atoms with Crippen molar-refractivity contribution in [3.8, 4) is 0 Å². The summed E-state index contributed by atoms with van der Waals surface area (Å²) < 4.78 is 4.94.